The van der Waals surface area contributed by atoms with E-state index in [-0.39, 0.29) is 11.8 Å². The van der Waals surface area contributed by atoms with Crippen molar-refractivity contribution in [3.63, 3.8) is 0 Å². The third-order valence-electron chi connectivity index (χ3n) is 4.82. The average molecular weight is 386 g/mol. The summed E-state index contributed by atoms with van der Waals surface area (Å²) in [6, 6.07) is 19.0. The van der Waals surface area contributed by atoms with Crippen LogP contribution in [0.25, 0.3) is 0 Å². The van der Waals surface area contributed by atoms with Crippen molar-refractivity contribution in [2.45, 2.75) is 19.8 Å². The van der Waals surface area contributed by atoms with Crippen molar-refractivity contribution < 1.29 is 9.59 Å². The van der Waals surface area contributed by atoms with Crippen LogP contribution in [0.1, 0.15) is 29.3 Å². The van der Waals surface area contributed by atoms with Crippen LogP contribution in [0.2, 0.25) is 0 Å². The summed E-state index contributed by atoms with van der Waals surface area (Å²) in [6.07, 6.45) is 3.55. The molecule has 0 saturated heterocycles. The number of para-hydroxylation sites is 1. The number of pyridine rings is 1. The summed E-state index contributed by atoms with van der Waals surface area (Å²) in [5.41, 5.74) is 4.25. The fourth-order valence-corrected chi connectivity index (χ4v) is 3.52. The van der Waals surface area contributed by atoms with Crippen molar-refractivity contribution in [2.75, 3.05) is 22.1 Å². The Labute approximate surface area is 169 Å². The number of carbonyl (C=O) groups excluding carboxylic acids is 2. The number of nitrogens with one attached hydrogen (secondary N) is 2. The third-order valence-corrected chi connectivity index (χ3v) is 4.82. The van der Waals surface area contributed by atoms with Crippen LogP contribution in [0.4, 0.5) is 22.9 Å². The molecule has 2 N–H and O–H groups in total. The number of anilines is 4. The number of nitrogens with zero attached hydrogens (tertiary/aromatic N) is 2. The van der Waals surface area contributed by atoms with Gasteiger partial charge in [0.25, 0.3) is 5.91 Å². The van der Waals surface area contributed by atoms with Gasteiger partial charge in [0.2, 0.25) is 5.91 Å². The van der Waals surface area contributed by atoms with Crippen molar-refractivity contribution in [1.29, 1.82) is 0 Å². The molecule has 0 aliphatic carbocycles. The number of amides is 2. The minimum atomic E-state index is -0.123. The highest BCUT2D eigenvalue weighted by Gasteiger charge is 2.23. The fraction of sp³-hybridized carbons (Fsp3) is 0.174. The lowest BCUT2D eigenvalue weighted by Gasteiger charge is -2.29. The second-order valence-electron chi connectivity index (χ2n) is 7.01. The second-order valence-corrected chi connectivity index (χ2v) is 7.01. The zero-order valence-electron chi connectivity index (χ0n) is 16.2. The predicted octanol–water partition coefficient (Wildman–Crippen LogP) is 4.38. The molecule has 2 amide bonds. The monoisotopic (exact) mass is 386 g/mol. The maximum atomic E-state index is 13.0. The van der Waals surface area contributed by atoms with Crippen LogP contribution in [-0.4, -0.2) is 23.3 Å². The molecule has 146 valence electrons. The average Bonchev–Trinajstić information content (AvgIpc) is 2.73. The molecule has 0 fully saturated rings. The van der Waals surface area contributed by atoms with Crippen LogP contribution in [0.15, 0.2) is 66.9 Å². The molecule has 1 aliphatic heterocycles. The Hall–Kier alpha value is -3.67. The summed E-state index contributed by atoms with van der Waals surface area (Å²) in [5, 5.41) is 5.94. The van der Waals surface area contributed by atoms with Gasteiger partial charge in [0.15, 0.2) is 0 Å². The van der Waals surface area contributed by atoms with E-state index in [1.165, 1.54) is 12.5 Å². The molecule has 0 unspecified atom stereocenters. The Kier molecular flexibility index (Phi) is 5.24. The Morgan fingerprint density at radius 2 is 1.83 bits per heavy atom. The first-order chi connectivity index (χ1) is 14.1. The Morgan fingerprint density at radius 1 is 1.00 bits per heavy atom. The van der Waals surface area contributed by atoms with Gasteiger partial charge in [-0.3, -0.25) is 9.59 Å². The van der Waals surface area contributed by atoms with Crippen molar-refractivity contribution in [1.82, 2.24) is 4.98 Å². The van der Waals surface area contributed by atoms with Gasteiger partial charge in [0.05, 0.1) is 5.56 Å². The molecule has 2 heterocycles. The summed E-state index contributed by atoms with van der Waals surface area (Å²) in [6.45, 7) is 2.18. The Balaban J connectivity index is 1.49. The molecule has 6 heteroatoms. The minimum absolute atomic E-state index is 0.0381. The summed E-state index contributed by atoms with van der Waals surface area (Å²) < 4.78 is 0. The van der Waals surface area contributed by atoms with Crippen LogP contribution in [-0.2, 0) is 11.2 Å². The number of hydrogen-bond acceptors (Lipinski definition) is 4. The quantitative estimate of drug-likeness (QED) is 0.698. The number of aromatic nitrogens is 1. The highest BCUT2D eigenvalue weighted by molar-refractivity contribution is 6.06. The van der Waals surface area contributed by atoms with Gasteiger partial charge in [-0.15, -0.1) is 0 Å². The zero-order chi connectivity index (χ0) is 20.2. The number of rotatable bonds is 4. The molecule has 0 radical (unpaired) electrons. The zero-order valence-corrected chi connectivity index (χ0v) is 16.2. The lowest BCUT2D eigenvalue weighted by atomic mass is 10.0. The third kappa shape index (κ3) is 4.27. The van der Waals surface area contributed by atoms with Gasteiger partial charge in [-0.25, -0.2) is 4.98 Å². The fourth-order valence-electron chi connectivity index (χ4n) is 3.52. The van der Waals surface area contributed by atoms with E-state index in [0.29, 0.717) is 23.6 Å². The van der Waals surface area contributed by atoms with E-state index in [4.69, 9.17) is 0 Å². The van der Waals surface area contributed by atoms with Gasteiger partial charge in [-0.05, 0) is 54.8 Å². The van der Waals surface area contributed by atoms with Crippen LogP contribution in [0.5, 0.6) is 0 Å². The maximum absolute atomic E-state index is 13.0. The molecule has 0 saturated carbocycles. The molecule has 0 atom stereocenters. The number of carbonyl (C=O) groups is 2. The van der Waals surface area contributed by atoms with Crippen molar-refractivity contribution in [3.05, 3.63) is 78.0 Å². The van der Waals surface area contributed by atoms with Gasteiger partial charge in [0, 0.05) is 36.7 Å². The number of benzene rings is 2. The molecular weight excluding hydrogens is 364 g/mol. The lowest BCUT2D eigenvalue weighted by molar-refractivity contribution is -0.114. The van der Waals surface area contributed by atoms with E-state index >= 15 is 0 Å². The summed E-state index contributed by atoms with van der Waals surface area (Å²) in [7, 11) is 0. The molecule has 29 heavy (non-hydrogen) atoms. The van der Waals surface area contributed by atoms with E-state index in [1.54, 1.807) is 18.3 Å². The molecule has 1 aliphatic rings. The number of hydrogen-bond donors (Lipinski definition) is 2. The molecule has 0 bridgehead atoms. The highest BCUT2D eigenvalue weighted by Crippen LogP contribution is 2.28. The molecule has 2 aromatic carbocycles. The smallest absolute Gasteiger partial charge is 0.259 e. The SMILES string of the molecule is CC(=O)Nc1cccc(Nc2ccc(C(=O)N3CCCc4ccccc43)cn2)c1. The van der Waals surface area contributed by atoms with Gasteiger partial charge >= 0.3 is 0 Å². The molecule has 1 aromatic heterocycles. The molecular formula is C23H22N4O2. The van der Waals surface area contributed by atoms with Crippen molar-refractivity contribution in [2.24, 2.45) is 0 Å². The molecule has 3 aromatic rings. The largest absolute Gasteiger partial charge is 0.340 e. The van der Waals surface area contributed by atoms with Crippen LogP contribution < -0.4 is 15.5 Å². The van der Waals surface area contributed by atoms with E-state index in [1.807, 2.05) is 47.4 Å². The first-order valence-electron chi connectivity index (χ1n) is 9.61. The Bertz CT molecular complexity index is 1050. The van der Waals surface area contributed by atoms with Gasteiger partial charge in [-0.2, -0.15) is 0 Å². The lowest BCUT2D eigenvalue weighted by Crippen LogP contribution is -2.35. The summed E-state index contributed by atoms with van der Waals surface area (Å²) >= 11 is 0. The standard InChI is InChI=1S/C23H22N4O2/c1-16(28)25-19-8-4-9-20(14-19)26-22-12-11-18(15-24-22)23(29)27-13-5-7-17-6-2-3-10-21(17)27/h2-4,6,8-12,14-15H,5,7,13H2,1H3,(H,24,26)(H,25,28). The Morgan fingerprint density at radius 3 is 2.62 bits per heavy atom. The molecule has 4 rings (SSSR count). The van der Waals surface area contributed by atoms with Crippen molar-refractivity contribution in [3.8, 4) is 0 Å². The van der Waals surface area contributed by atoms with E-state index < -0.39 is 0 Å². The predicted molar refractivity (Wildman–Crippen MR) is 115 cm³/mol. The van der Waals surface area contributed by atoms with Crippen LogP contribution in [0.3, 0.4) is 0 Å². The first-order valence-corrected chi connectivity index (χ1v) is 9.61. The van der Waals surface area contributed by atoms with Crippen molar-refractivity contribution >= 4 is 34.7 Å². The van der Waals surface area contributed by atoms with Gasteiger partial charge < -0.3 is 15.5 Å². The normalized spacial score (nSPS) is 12.8. The van der Waals surface area contributed by atoms with Gasteiger partial charge in [0.1, 0.15) is 5.82 Å². The molecule has 6 nitrogen and oxygen atoms in total. The summed E-state index contributed by atoms with van der Waals surface area (Å²) in [5.74, 6) is 0.465. The van der Waals surface area contributed by atoms with E-state index in [2.05, 4.69) is 21.7 Å². The maximum Gasteiger partial charge on any atom is 0.259 e. The first kappa shape index (κ1) is 18.7. The topological polar surface area (TPSA) is 74.3 Å². The molecule has 0 spiro atoms. The van der Waals surface area contributed by atoms with Crippen LogP contribution in [0, 0.1) is 0 Å². The minimum Gasteiger partial charge on any atom is -0.340 e. The summed E-state index contributed by atoms with van der Waals surface area (Å²) in [4.78, 5) is 30.4. The van der Waals surface area contributed by atoms with Gasteiger partial charge in [-0.1, -0.05) is 24.3 Å². The van der Waals surface area contributed by atoms with E-state index in [0.717, 1.165) is 24.2 Å². The number of aryl methyl sites for hydroxylation is 1. The second kappa shape index (κ2) is 8.14. The van der Waals surface area contributed by atoms with Crippen LogP contribution >= 0.6 is 0 Å². The van der Waals surface area contributed by atoms with E-state index in [9.17, 15) is 9.59 Å². The number of fused-ring (bicyclic) bond motifs is 1. The highest BCUT2D eigenvalue weighted by atomic mass is 16.2.